The third-order valence-electron chi connectivity index (χ3n) is 8.96. The quantitative estimate of drug-likeness (QED) is 0.0322. The number of nitrogens with two attached hydrogens (primary N) is 1. The van der Waals surface area contributed by atoms with Crippen molar-refractivity contribution in [3.05, 3.63) is 18.2 Å². The Balaban J connectivity index is 2.33. The molecule has 0 aliphatic heterocycles. The van der Waals surface area contributed by atoms with Crippen LogP contribution in [0.4, 0.5) is 0 Å². The summed E-state index contributed by atoms with van der Waals surface area (Å²) in [5.74, 6) is -6.56. The van der Waals surface area contributed by atoms with E-state index in [1.54, 1.807) is 0 Å². The molecule has 0 fully saturated rings. The zero-order chi connectivity index (χ0) is 43.8. The highest BCUT2D eigenvalue weighted by atomic mass is 16.7. The normalized spacial score (nSPS) is 12.4. The van der Waals surface area contributed by atoms with Crippen molar-refractivity contribution in [2.45, 2.75) is 134 Å². The van der Waals surface area contributed by atoms with Crippen LogP contribution >= 0.6 is 0 Å². The number of carboxylic acid groups (broad SMARTS) is 2. The zero-order valence-corrected chi connectivity index (χ0v) is 34.0. The first-order valence-electron chi connectivity index (χ1n) is 20.2. The molecule has 0 aliphatic rings. The Kier molecular flexibility index (Phi) is 28.0. The van der Waals surface area contributed by atoms with Crippen molar-refractivity contribution in [2.75, 3.05) is 39.5 Å². The van der Waals surface area contributed by atoms with Gasteiger partial charge in [0.25, 0.3) is 0 Å². The minimum Gasteiger partial charge on any atom is -0.481 e. The number of unbranched alkanes of at least 4 members (excludes halogenated alkanes) is 11. The standard InChI is InChI=1S/C38H64N8O13/c1-27(48)46(59-21-20-58-19-18-41-33(50)14-12-10-8-6-4-2-3-5-7-9-11-13-15-35(52)53)24-34(51)43-31(25-47)37(55)44-29(16-17-32(39)49)36(54)45-30(38(56)57)22-28-23-40-26-42-28/h23,26,29-31,47H,2-22,24-25H2,1H3,(H2,39,49)(H,40,42)(H,41,50)(H,43,51)(H,44,55)(H,45,54)(H,52,53)(H,56,57)/t29-,30-,31-/m0/s1. The van der Waals surface area contributed by atoms with Gasteiger partial charge in [-0.15, -0.1) is 0 Å². The number of aromatic nitrogens is 2. The van der Waals surface area contributed by atoms with Gasteiger partial charge in [-0.25, -0.2) is 14.8 Å². The molecule has 1 aromatic rings. The summed E-state index contributed by atoms with van der Waals surface area (Å²) in [7, 11) is 0. The molecule has 0 aromatic carbocycles. The minimum absolute atomic E-state index is 0.0227. The van der Waals surface area contributed by atoms with Gasteiger partial charge in [0.15, 0.2) is 0 Å². The monoisotopic (exact) mass is 840 g/mol. The van der Waals surface area contributed by atoms with E-state index in [9.17, 15) is 48.6 Å². The first kappa shape index (κ1) is 51.9. The molecule has 334 valence electrons. The number of hydrogen-bond acceptors (Lipinski definition) is 12. The molecule has 0 spiro atoms. The van der Waals surface area contributed by atoms with Gasteiger partial charge in [-0.3, -0.25) is 38.4 Å². The highest BCUT2D eigenvalue weighted by molar-refractivity contribution is 5.94. The lowest BCUT2D eigenvalue weighted by atomic mass is 10.0. The molecular formula is C38H64N8O13. The Labute approximate surface area is 344 Å². The maximum absolute atomic E-state index is 13.0. The van der Waals surface area contributed by atoms with E-state index in [0.29, 0.717) is 12.1 Å². The van der Waals surface area contributed by atoms with Crippen molar-refractivity contribution in [2.24, 2.45) is 5.73 Å². The SMILES string of the molecule is CC(=O)N(CC(=O)N[C@@H](CO)C(=O)N[C@@H](CCC(N)=O)C(=O)N[C@@H](Cc1c[nH]cn1)C(=O)O)OCCOCCNC(=O)CCCCCCCCCCCCCCC(=O)O. The number of carboxylic acids is 2. The highest BCUT2D eigenvalue weighted by Gasteiger charge is 2.30. The van der Waals surface area contributed by atoms with Gasteiger partial charge in [0.1, 0.15) is 24.7 Å². The molecular weight excluding hydrogens is 776 g/mol. The van der Waals surface area contributed by atoms with E-state index in [-0.39, 0.29) is 58.0 Å². The van der Waals surface area contributed by atoms with E-state index < -0.39 is 72.8 Å². The van der Waals surface area contributed by atoms with Crippen molar-refractivity contribution in [3.8, 4) is 0 Å². The number of carbonyl (C=O) groups is 8. The molecule has 1 aromatic heterocycles. The molecule has 21 nitrogen and oxygen atoms in total. The van der Waals surface area contributed by atoms with Gasteiger partial charge in [0, 0.05) is 45.3 Å². The third kappa shape index (κ3) is 26.5. The fraction of sp³-hybridized carbons (Fsp3) is 0.711. The average molecular weight is 841 g/mol. The molecule has 6 amide bonds. The summed E-state index contributed by atoms with van der Waals surface area (Å²) in [6.45, 7) is -0.109. The minimum atomic E-state index is -1.61. The summed E-state index contributed by atoms with van der Waals surface area (Å²) in [4.78, 5) is 109. The van der Waals surface area contributed by atoms with Gasteiger partial charge < -0.3 is 52.0 Å². The summed E-state index contributed by atoms with van der Waals surface area (Å²) >= 11 is 0. The van der Waals surface area contributed by atoms with Crippen LogP contribution < -0.4 is 27.0 Å². The van der Waals surface area contributed by atoms with Crippen LogP contribution in [0.5, 0.6) is 0 Å². The molecule has 1 heterocycles. The fourth-order valence-electron chi connectivity index (χ4n) is 5.71. The molecule has 10 N–H and O–H groups in total. The number of rotatable bonds is 36. The maximum Gasteiger partial charge on any atom is 0.326 e. The third-order valence-corrected chi connectivity index (χ3v) is 8.96. The number of primary amides is 1. The Hall–Kier alpha value is -5.15. The lowest BCUT2D eigenvalue weighted by Gasteiger charge is -2.24. The Morgan fingerprint density at radius 2 is 1.32 bits per heavy atom. The van der Waals surface area contributed by atoms with Crippen LogP contribution in [0, 0.1) is 0 Å². The molecule has 0 bridgehead atoms. The number of amides is 6. The van der Waals surface area contributed by atoms with E-state index in [1.165, 1.54) is 38.2 Å². The Morgan fingerprint density at radius 1 is 0.746 bits per heavy atom. The Bertz CT molecular complexity index is 1430. The summed E-state index contributed by atoms with van der Waals surface area (Å²) in [5, 5.41) is 38.4. The average Bonchev–Trinajstić information content (AvgIpc) is 3.70. The number of aliphatic hydroxyl groups excluding tert-OH is 1. The predicted octanol–water partition coefficient (Wildman–Crippen LogP) is 0.208. The second-order valence-corrected chi connectivity index (χ2v) is 14.0. The smallest absolute Gasteiger partial charge is 0.326 e. The molecule has 0 unspecified atom stereocenters. The van der Waals surface area contributed by atoms with Crippen LogP contribution in [-0.4, -0.2) is 135 Å². The number of imidazole rings is 1. The fourth-order valence-corrected chi connectivity index (χ4v) is 5.71. The van der Waals surface area contributed by atoms with Crippen LogP contribution in [-0.2, 0) is 54.4 Å². The van der Waals surface area contributed by atoms with Gasteiger partial charge >= 0.3 is 11.9 Å². The largest absolute Gasteiger partial charge is 0.481 e. The van der Waals surface area contributed by atoms with Crippen LogP contribution in [0.15, 0.2) is 12.5 Å². The van der Waals surface area contributed by atoms with Crippen LogP contribution in [0.1, 0.15) is 115 Å². The molecule has 3 atom stereocenters. The number of nitrogens with zero attached hydrogens (tertiary/aromatic N) is 2. The van der Waals surface area contributed by atoms with Crippen LogP contribution in [0.3, 0.4) is 0 Å². The topological polar surface area (TPSA) is 322 Å². The first-order valence-corrected chi connectivity index (χ1v) is 20.2. The lowest BCUT2D eigenvalue weighted by molar-refractivity contribution is -0.190. The van der Waals surface area contributed by atoms with Gasteiger partial charge in [-0.1, -0.05) is 64.2 Å². The number of carbonyl (C=O) groups excluding carboxylic acids is 6. The zero-order valence-electron chi connectivity index (χ0n) is 34.0. The van der Waals surface area contributed by atoms with Gasteiger partial charge in [-0.2, -0.15) is 0 Å². The number of hydrogen-bond donors (Lipinski definition) is 9. The number of ether oxygens (including phenoxy) is 1. The molecule has 0 saturated heterocycles. The number of aromatic amines is 1. The lowest BCUT2D eigenvalue weighted by Crippen LogP contribution is -2.57. The van der Waals surface area contributed by atoms with Crippen molar-refractivity contribution in [3.63, 3.8) is 0 Å². The van der Waals surface area contributed by atoms with E-state index >= 15 is 0 Å². The first-order chi connectivity index (χ1) is 28.2. The number of aliphatic carboxylic acids is 2. The number of aliphatic hydroxyl groups is 1. The maximum atomic E-state index is 13.0. The summed E-state index contributed by atoms with van der Waals surface area (Å²) in [6.07, 6.45) is 15.3. The second-order valence-electron chi connectivity index (χ2n) is 14.0. The number of H-pyrrole nitrogens is 1. The summed E-state index contributed by atoms with van der Waals surface area (Å²) in [6, 6.07) is -4.53. The Morgan fingerprint density at radius 3 is 1.85 bits per heavy atom. The van der Waals surface area contributed by atoms with Crippen molar-refractivity contribution in [1.29, 1.82) is 0 Å². The van der Waals surface area contributed by atoms with Crippen LogP contribution in [0.25, 0.3) is 0 Å². The summed E-state index contributed by atoms with van der Waals surface area (Å²) < 4.78 is 5.43. The van der Waals surface area contributed by atoms with Crippen molar-refractivity contribution in [1.82, 2.24) is 36.3 Å². The molecule has 21 heteroatoms. The summed E-state index contributed by atoms with van der Waals surface area (Å²) in [5.41, 5.74) is 5.54. The van der Waals surface area contributed by atoms with E-state index in [2.05, 4.69) is 31.2 Å². The second kappa shape index (κ2) is 31.8. The molecule has 0 radical (unpaired) electrons. The van der Waals surface area contributed by atoms with E-state index in [0.717, 1.165) is 63.4 Å². The van der Waals surface area contributed by atoms with Gasteiger partial charge in [-0.05, 0) is 19.3 Å². The molecule has 59 heavy (non-hydrogen) atoms. The molecule has 0 saturated carbocycles. The molecule has 1 rings (SSSR count). The van der Waals surface area contributed by atoms with Crippen molar-refractivity contribution >= 4 is 47.4 Å². The number of nitrogens with one attached hydrogen (secondary N) is 5. The van der Waals surface area contributed by atoms with E-state index in [1.807, 2.05) is 0 Å². The number of hydroxylamine groups is 2. The highest BCUT2D eigenvalue weighted by Crippen LogP contribution is 2.13. The van der Waals surface area contributed by atoms with E-state index in [4.69, 9.17) is 20.4 Å². The van der Waals surface area contributed by atoms with Gasteiger partial charge in [0.2, 0.25) is 35.4 Å². The molecule has 0 aliphatic carbocycles. The van der Waals surface area contributed by atoms with Gasteiger partial charge in [0.05, 0.1) is 38.4 Å². The predicted molar refractivity (Wildman–Crippen MR) is 211 cm³/mol. The van der Waals surface area contributed by atoms with Crippen molar-refractivity contribution < 1.29 is 63.3 Å². The van der Waals surface area contributed by atoms with Crippen LogP contribution in [0.2, 0.25) is 0 Å².